The first-order valence-corrected chi connectivity index (χ1v) is 11.4. The molecule has 2 aromatic carbocycles. The molecule has 4 rings (SSSR count). The monoisotopic (exact) mass is 450 g/mol. The molecule has 174 valence electrons. The first-order valence-electron chi connectivity index (χ1n) is 11.4. The number of benzene rings is 2. The van der Waals surface area contributed by atoms with E-state index in [1.807, 2.05) is 12.1 Å². The number of carbonyl (C=O) groups is 3. The molecule has 2 aromatic rings. The van der Waals surface area contributed by atoms with Crippen LogP contribution in [0.5, 0.6) is 5.75 Å². The van der Waals surface area contributed by atoms with E-state index in [2.05, 4.69) is 24.5 Å². The zero-order valence-electron chi connectivity index (χ0n) is 19.0. The van der Waals surface area contributed by atoms with E-state index in [0.717, 1.165) is 18.4 Å². The van der Waals surface area contributed by atoms with Gasteiger partial charge >= 0.3 is 0 Å². The second-order valence-electron chi connectivity index (χ2n) is 9.25. The summed E-state index contributed by atoms with van der Waals surface area (Å²) in [6, 6.07) is 12.9. The maximum Gasteiger partial charge on any atom is 0.251 e. The molecule has 3 N–H and O–H groups in total. The highest BCUT2D eigenvalue weighted by Gasteiger charge is 2.55. The molecule has 1 saturated heterocycles. The highest BCUT2D eigenvalue weighted by atomic mass is 16.5. The lowest BCUT2D eigenvalue weighted by molar-refractivity contribution is -0.131. The third kappa shape index (κ3) is 4.78. The number of Topliss-reactive ketones (excluding diaryl/α,β-unsaturated/α-hetero) is 1. The van der Waals surface area contributed by atoms with Gasteiger partial charge < -0.3 is 20.5 Å². The number of amides is 2. The van der Waals surface area contributed by atoms with Crippen molar-refractivity contribution in [3.05, 3.63) is 65.2 Å². The van der Waals surface area contributed by atoms with Crippen LogP contribution in [0.25, 0.3) is 0 Å². The number of carbonyl (C=O) groups excluding carboxylic acids is 3. The summed E-state index contributed by atoms with van der Waals surface area (Å²) in [7, 11) is 0. The fraction of sp³-hybridized carbons (Fsp3) is 0.423. The van der Waals surface area contributed by atoms with Crippen molar-refractivity contribution in [1.82, 2.24) is 10.6 Å². The van der Waals surface area contributed by atoms with Crippen molar-refractivity contribution >= 4 is 17.6 Å². The van der Waals surface area contributed by atoms with Crippen LogP contribution in [0.1, 0.15) is 60.5 Å². The first kappa shape index (κ1) is 23.0. The number of fused-ring (bicyclic) bond motifs is 1. The molecule has 0 bridgehead atoms. The quantitative estimate of drug-likeness (QED) is 0.602. The Hall–Kier alpha value is -3.19. The third-order valence-electron chi connectivity index (χ3n) is 6.66. The Labute approximate surface area is 193 Å². The van der Waals surface area contributed by atoms with Crippen LogP contribution >= 0.6 is 0 Å². The van der Waals surface area contributed by atoms with Crippen LogP contribution in [0, 0.1) is 0 Å². The van der Waals surface area contributed by atoms with E-state index < -0.39 is 17.5 Å². The summed E-state index contributed by atoms with van der Waals surface area (Å²) in [5, 5.41) is 15.6. The molecule has 2 aliphatic rings. The van der Waals surface area contributed by atoms with Crippen molar-refractivity contribution in [1.29, 1.82) is 0 Å². The van der Waals surface area contributed by atoms with E-state index in [9.17, 15) is 19.5 Å². The number of ether oxygens (including phenoxy) is 1. The van der Waals surface area contributed by atoms with E-state index >= 15 is 0 Å². The average molecular weight is 451 g/mol. The van der Waals surface area contributed by atoms with E-state index in [1.54, 1.807) is 36.4 Å². The minimum Gasteiger partial charge on any atom is -0.508 e. The molecule has 2 amide bonds. The molecule has 1 aliphatic carbocycles. The summed E-state index contributed by atoms with van der Waals surface area (Å²) in [6.07, 6.45) is 1.90. The van der Waals surface area contributed by atoms with Crippen LogP contribution in [0.2, 0.25) is 0 Å². The zero-order valence-corrected chi connectivity index (χ0v) is 19.0. The predicted octanol–water partition coefficient (Wildman–Crippen LogP) is 2.86. The molecule has 1 saturated carbocycles. The summed E-state index contributed by atoms with van der Waals surface area (Å²) in [6.45, 7) is 4.15. The molecular formula is C26H30N2O5. The first-order chi connectivity index (χ1) is 15.8. The van der Waals surface area contributed by atoms with E-state index in [0.29, 0.717) is 23.5 Å². The van der Waals surface area contributed by atoms with Gasteiger partial charge in [-0.05, 0) is 60.6 Å². The van der Waals surface area contributed by atoms with Crippen LogP contribution in [0.4, 0.5) is 0 Å². The molecule has 3 unspecified atom stereocenters. The molecule has 0 aromatic heterocycles. The molecule has 7 heteroatoms. The van der Waals surface area contributed by atoms with Crippen molar-refractivity contribution in [2.75, 3.05) is 6.61 Å². The second kappa shape index (κ2) is 9.35. The Balaban J connectivity index is 1.55. The van der Waals surface area contributed by atoms with Gasteiger partial charge in [0.05, 0.1) is 6.10 Å². The standard InChI is InChI=1S/C26H30N2O5/c1-16(2)18-8-10-19(11-9-18)24(31)27-21(14-17-5-3-6-20(29)13-17)25(32)28-26-12-4-7-23(26)33-15-22(26)30/h3,5-6,8-11,13,16,21,23,29H,4,7,12,14-15H2,1-2H3,(H,27,31)(H,28,32). The van der Waals surface area contributed by atoms with Gasteiger partial charge in [-0.25, -0.2) is 0 Å². The smallest absolute Gasteiger partial charge is 0.251 e. The van der Waals surface area contributed by atoms with Gasteiger partial charge in [0.15, 0.2) is 5.78 Å². The van der Waals surface area contributed by atoms with Gasteiger partial charge in [0, 0.05) is 12.0 Å². The number of hydrogen-bond acceptors (Lipinski definition) is 5. The molecular weight excluding hydrogens is 420 g/mol. The lowest BCUT2D eigenvalue weighted by Crippen LogP contribution is -2.60. The maximum absolute atomic E-state index is 13.4. The highest BCUT2D eigenvalue weighted by molar-refractivity contribution is 6.00. The van der Waals surface area contributed by atoms with Crippen molar-refractivity contribution in [3.8, 4) is 5.75 Å². The molecule has 1 heterocycles. The SMILES string of the molecule is CC(C)c1ccc(C(=O)NC(Cc2cccc(O)c2)C(=O)NC23CCCC2OCC3=O)cc1. The van der Waals surface area contributed by atoms with E-state index in [-0.39, 0.29) is 36.6 Å². The fourth-order valence-electron chi connectivity index (χ4n) is 4.73. The Morgan fingerprint density at radius 3 is 2.64 bits per heavy atom. The normalized spacial score (nSPS) is 22.8. The number of hydrogen-bond donors (Lipinski definition) is 3. The number of phenols is 1. The largest absolute Gasteiger partial charge is 0.508 e. The zero-order chi connectivity index (χ0) is 23.6. The minimum atomic E-state index is -1.02. The van der Waals surface area contributed by atoms with Crippen molar-refractivity contribution in [3.63, 3.8) is 0 Å². The molecule has 3 atom stereocenters. The average Bonchev–Trinajstić information content (AvgIpc) is 3.32. The van der Waals surface area contributed by atoms with Gasteiger partial charge in [-0.3, -0.25) is 14.4 Å². The van der Waals surface area contributed by atoms with Gasteiger partial charge in [0.25, 0.3) is 5.91 Å². The number of aromatic hydroxyl groups is 1. The summed E-state index contributed by atoms with van der Waals surface area (Å²) >= 11 is 0. The van der Waals surface area contributed by atoms with Crippen molar-refractivity contribution in [2.24, 2.45) is 0 Å². The second-order valence-corrected chi connectivity index (χ2v) is 9.25. The maximum atomic E-state index is 13.4. The van der Waals surface area contributed by atoms with Gasteiger partial charge in [-0.2, -0.15) is 0 Å². The van der Waals surface area contributed by atoms with E-state index in [1.165, 1.54) is 0 Å². The number of nitrogens with one attached hydrogen (secondary N) is 2. The highest BCUT2D eigenvalue weighted by Crippen LogP contribution is 2.37. The predicted molar refractivity (Wildman–Crippen MR) is 123 cm³/mol. The molecule has 1 aliphatic heterocycles. The van der Waals surface area contributed by atoms with Crippen LogP contribution in [0.15, 0.2) is 48.5 Å². The lowest BCUT2D eigenvalue weighted by atomic mass is 9.91. The minimum absolute atomic E-state index is 0.00324. The Morgan fingerprint density at radius 2 is 1.94 bits per heavy atom. The lowest BCUT2D eigenvalue weighted by Gasteiger charge is -2.30. The molecule has 0 spiro atoms. The summed E-state index contributed by atoms with van der Waals surface area (Å²) in [5.41, 5.74) is 1.25. The third-order valence-corrected chi connectivity index (χ3v) is 6.66. The van der Waals surface area contributed by atoms with Gasteiger partial charge in [-0.1, -0.05) is 38.1 Å². The molecule has 33 heavy (non-hydrogen) atoms. The van der Waals surface area contributed by atoms with Crippen LogP contribution in [-0.2, 0) is 20.7 Å². The molecule has 2 fully saturated rings. The Bertz CT molecular complexity index is 1050. The van der Waals surface area contributed by atoms with Crippen molar-refractivity contribution in [2.45, 2.75) is 63.1 Å². The molecule has 0 radical (unpaired) electrons. The Kier molecular flexibility index (Phi) is 6.51. The van der Waals surface area contributed by atoms with Crippen LogP contribution in [-0.4, -0.2) is 47.0 Å². The summed E-state index contributed by atoms with van der Waals surface area (Å²) in [4.78, 5) is 39.0. The van der Waals surface area contributed by atoms with Gasteiger partial charge in [-0.15, -0.1) is 0 Å². The van der Waals surface area contributed by atoms with Gasteiger partial charge in [0.2, 0.25) is 5.91 Å². The topological polar surface area (TPSA) is 105 Å². The van der Waals surface area contributed by atoms with Crippen LogP contribution < -0.4 is 10.6 Å². The fourth-order valence-corrected chi connectivity index (χ4v) is 4.73. The Morgan fingerprint density at radius 1 is 1.18 bits per heavy atom. The number of ketones is 1. The summed E-state index contributed by atoms with van der Waals surface area (Å²) < 4.78 is 5.60. The van der Waals surface area contributed by atoms with Crippen LogP contribution in [0.3, 0.4) is 0 Å². The van der Waals surface area contributed by atoms with E-state index in [4.69, 9.17) is 4.74 Å². The molecule has 7 nitrogen and oxygen atoms in total. The van der Waals surface area contributed by atoms with Gasteiger partial charge in [0.1, 0.15) is 23.9 Å². The summed E-state index contributed by atoms with van der Waals surface area (Å²) in [5.74, 6) is -0.506. The van der Waals surface area contributed by atoms with Crippen molar-refractivity contribution < 1.29 is 24.2 Å². The number of rotatable bonds is 7. The number of phenolic OH excluding ortho intramolecular Hbond substituents is 1.